The molecule has 2 aromatic carbocycles. The van der Waals surface area contributed by atoms with E-state index >= 15 is 0 Å². The molecule has 3 aromatic rings. The summed E-state index contributed by atoms with van der Waals surface area (Å²) in [6, 6.07) is 10.8. The highest BCUT2D eigenvalue weighted by molar-refractivity contribution is 5.82. The molecule has 1 saturated heterocycles. The summed E-state index contributed by atoms with van der Waals surface area (Å²) in [5, 5.41) is 0. The lowest BCUT2D eigenvalue weighted by molar-refractivity contribution is 0.152. The number of urea groups is 1. The minimum atomic E-state index is 0.143. The van der Waals surface area contributed by atoms with Crippen LogP contribution in [0.25, 0.3) is 22.2 Å². The van der Waals surface area contributed by atoms with Gasteiger partial charge in [0.15, 0.2) is 0 Å². The molecular formula is C27H30N4O2. The number of rotatable bonds is 1. The summed E-state index contributed by atoms with van der Waals surface area (Å²) in [5.41, 5.74) is 7.93. The molecule has 0 bridgehead atoms. The van der Waals surface area contributed by atoms with E-state index in [0.29, 0.717) is 31.5 Å². The second-order valence-electron chi connectivity index (χ2n) is 9.93. The molecule has 1 aliphatic carbocycles. The molecule has 2 amide bonds. The number of likely N-dealkylation sites (tertiary alicyclic amines) is 1. The van der Waals surface area contributed by atoms with Gasteiger partial charge in [0.1, 0.15) is 18.2 Å². The normalized spacial score (nSPS) is 22.1. The first-order chi connectivity index (χ1) is 15.9. The van der Waals surface area contributed by atoms with Crippen LogP contribution in [0, 0.1) is 25.7 Å². The van der Waals surface area contributed by atoms with Crippen LogP contribution >= 0.6 is 0 Å². The van der Waals surface area contributed by atoms with E-state index in [1.165, 1.54) is 5.57 Å². The highest BCUT2D eigenvalue weighted by Crippen LogP contribution is 2.38. The maximum atomic E-state index is 13.4. The summed E-state index contributed by atoms with van der Waals surface area (Å²) in [6.07, 6.45) is 3.50. The molecule has 2 unspecified atom stereocenters. The molecule has 3 aliphatic rings. The largest absolute Gasteiger partial charge is 0.491 e. The van der Waals surface area contributed by atoms with Gasteiger partial charge in [0.25, 0.3) is 0 Å². The van der Waals surface area contributed by atoms with Gasteiger partial charge in [-0.2, -0.15) is 0 Å². The summed E-state index contributed by atoms with van der Waals surface area (Å²) >= 11 is 0. The van der Waals surface area contributed by atoms with Crippen LogP contribution in [0.5, 0.6) is 5.75 Å². The first kappa shape index (κ1) is 20.3. The molecule has 170 valence electrons. The van der Waals surface area contributed by atoms with Crippen LogP contribution in [0.4, 0.5) is 4.79 Å². The van der Waals surface area contributed by atoms with Crippen LogP contribution < -0.4 is 4.74 Å². The molecule has 0 saturated carbocycles. The molecular weight excluding hydrogens is 412 g/mol. The summed E-state index contributed by atoms with van der Waals surface area (Å²) in [4.78, 5) is 25.3. The van der Waals surface area contributed by atoms with Crippen molar-refractivity contribution in [2.75, 3.05) is 26.2 Å². The van der Waals surface area contributed by atoms with Gasteiger partial charge in [-0.05, 0) is 80.0 Å². The molecule has 6 heteroatoms. The lowest BCUT2D eigenvalue weighted by Gasteiger charge is -2.27. The number of carbonyl (C=O) groups excluding carboxylic acids is 1. The Morgan fingerprint density at radius 2 is 1.97 bits per heavy atom. The highest BCUT2D eigenvalue weighted by atomic mass is 16.5. The van der Waals surface area contributed by atoms with Crippen molar-refractivity contribution in [3.05, 3.63) is 58.9 Å². The average Bonchev–Trinajstić information content (AvgIpc) is 3.39. The van der Waals surface area contributed by atoms with Crippen LogP contribution in [-0.4, -0.2) is 52.0 Å². The van der Waals surface area contributed by atoms with Crippen LogP contribution in [-0.2, 0) is 6.54 Å². The zero-order valence-corrected chi connectivity index (χ0v) is 19.5. The molecule has 6 rings (SSSR count). The van der Waals surface area contributed by atoms with Crippen molar-refractivity contribution in [3.63, 3.8) is 0 Å². The predicted molar refractivity (Wildman–Crippen MR) is 129 cm³/mol. The number of nitrogens with zero attached hydrogens (tertiary/aromatic N) is 3. The maximum Gasteiger partial charge on any atom is 0.320 e. The standard InChI is InChI=1S/C27H30N4O2/c1-16-8-21-13-31(14-22(21)9-16)27(32)30-6-7-33-26-17(2)10-20(11-23(26)15-30)19-4-5-24-25(12-19)29-18(3)28-24/h4-5,8,10-12,21-22H,6-7,9,13-15H2,1-3H3,(H,28,29). The van der Waals surface area contributed by atoms with E-state index in [2.05, 4.69) is 65.1 Å². The Hall–Kier alpha value is -3.28. The van der Waals surface area contributed by atoms with Gasteiger partial charge in [0.05, 0.1) is 24.1 Å². The Labute approximate surface area is 194 Å². The Kier molecular flexibility index (Phi) is 4.71. The van der Waals surface area contributed by atoms with Crippen molar-refractivity contribution in [1.29, 1.82) is 0 Å². The van der Waals surface area contributed by atoms with Gasteiger partial charge >= 0.3 is 6.03 Å². The molecule has 1 N–H and O–H groups in total. The van der Waals surface area contributed by atoms with Crippen molar-refractivity contribution in [3.8, 4) is 16.9 Å². The van der Waals surface area contributed by atoms with Crippen LogP contribution in [0.2, 0.25) is 0 Å². The van der Waals surface area contributed by atoms with Gasteiger partial charge in [0.2, 0.25) is 0 Å². The number of carbonyl (C=O) groups is 1. The monoisotopic (exact) mass is 442 g/mol. The maximum absolute atomic E-state index is 13.4. The number of allylic oxidation sites excluding steroid dienone is 1. The second kappa shape index (κ2) is 7.65. The van der Waals surface area contributed by atoms with E-state index in [9.17, 15) is 4.79 Å². The molecule has 33 heavy (non-hydrogen) atoms. The molecule has 0 radical (unpaired) electrons. The fourth-order valence-corrected chi connectivity index (χ4v) is 5.86. The minimum absolute atomic E-state index is 0.143. The van der Waals surface area contributed by atoms with E-state index in [-0.39, 0.29) is 6.03 Å². The quantitative estimate of drug-likeness (QED) is 0.536. The summed E-state index contributed by atoms with van der Waals surface area (Å²) < 4.78 is 6.14. The van der Waals surface area contributed by atoms with Crippen LogP contribution in [0.3, 0.4) is 0 Å². The predicted octanol–water partition coefficient (Wildman–Crippen LogP) is 5.06. The first-order valence-corrected chi connectivity index (χ1v) is 11.9. The average molecular weight is 443 g/mol. The third-order valence-electron chi connectivity index (χ3n) is 7.37. The van der Waals surface area contributed by atoms with Gasteiger partial charge in [-0.1, -0.05) is 17.7 Å². The lowest BCUT2D eigenvalue weighted by atomic mass is 9.98. The van der Waals surface area contributed by atoms with E-state index < -0.39 is 0 Å². The number of ether oxygens (including phenoxy) is 1. The third-order valence-corrected chi connectivity index (χ3v) is 7.37. The summed E-state index contributed by atoms with van der Waals surface area (Å²) in [5.74, 6) is 2.96. The van der Waals surface area contributed by atoms with Crippen molar-refractivity contribution < 1.29 is 9.53 Å². The van der Waals surface area contributed by atoms with Crippen molar-refractivity contribution >= 4 is 17.1 Å². The molecule has 2 atom stereocenters. The number of hydrogen-bond donors (Lipinski definition) is 1. The fourth-order valence-electron chi connectivity index (χ4n) is 5.86. The SMILES string of the molecule is CC1=CC2CN(C(=O)N3CCOc4c(C)cc(-c5ccc6nc(C)[nH]c6c5)cc4C3)CC2C1. The number of aromatic amines is 1. The zero-order valence-electron chi connectivity index (χ0n) is 19.5. The Balaban J connectivity index is 1.28. The first-order valence-electron chi connectivity index (χ1n) is 11.9. The smallest absolute Gasteiger partial charge is 0.320 e. The number of hydrogen-bond acceptors (Lipinski definition) is 3. The number of benzene rings is 2. The second-order valence-corrected chi connectivity index (χ2v) is 9.93. The molecule has 1 aromatic heterocycles. The molecule has 1 fully saturated rings. The number of amides is 2. The number of aromatic nitrogens is 2. The number of fused-ring (bicyclic) bond motifs is 3. The summed E-state index contributed by atoms with van der Waals surface area (Å²) in [7, 11) is 0. The number of imidazole rings is 1. The molecule has 3 heterocycles. The van der Waals surface area contributed by atoms with Gasteiger partial charge in [-0.3, -0.25) is 0 Å². The zero-order chi connectivity index (χ0) is 22.7. The van der Waals surface area contributed by atoms with E-state index in [1.807, 2.05) is 11.8 Å². The topological polar surface area (TPSA) is 61.5 Å². The van der Waals surface area contributed by atoms with Gasteiger partial charge in [-0.25, -0.2) is 9.78 Å². The Morgan fingerprint density at radius 1 is 1.09 bits per heavy atom. The molecule has 0 spiro atoms. The Bertz CT molecular complexity index is 1290. The van der Waals surface area contributed by atoms with Crippen molar-refractivity contribution in [1.82, 2.24) is 19.8 Å². The van der Waals surface area contributed by atoms with Crippen molar-refractivity contribution in [2.24, 2.45) is 11.8 Å². The number of aryl methyl sites for hydroxylation is 2. The molecule has 2 aliphatic heterocycles. The fraction of sp³-hybridized carbons (Fsp3) is 0.407. The lowest BCUT2D eigenvalue weighted by Crippen LogP contribution is -2.43. The van der Waals surface area contributed by atoms with E-state index in [1.54, 1.807) is 0 Å². The number of H-pyrrole nitrogens is 1. The Morgan fingerprint density at radius 3 is 2.82 bits per heavy atom. The summed E-state index contributed by atoms with van der Waals surface area (Å²) in [6.45, 7) is 9.70. The van der Waals surface area contributed by atoms with Gasteiger partial charge in [-0.15, -0.1) is 0 Å². The molecule has 6 nitrogen and oxygen atoms in total. The van der Waals surface area contributed by atoms with Crippen LogP contribution in [0.1, 0.15) is 30.3 Å². The van der Waals surface area contributed by atoms with E-state index in [0.717, 1.165) is 64.4 Å². The highest BCUT2D eigenvalue weighted by Gasteiger charge is 2.38. The van der Waals surface area contributed by atoms with Gasteiger partial charge in [0, 0.05) is 18.7 Å². The third kappa shape index (κ3) is 3.58. The van der Waals surface area contributed by atoms with Crippen molar-refractivity contribution in [2.45, 2.75) is 33.7 Å². The number of nitrogens with one attached hydrogen (secondary N) is 1. The van der Waals surface area contributed by atoms with Crippen LogP contribution in [0.15, 0.2) is 42.0 Å². The van der Waals surface area contributed by atoms with E-state index in [4.69, 9.17) is 4.74 Å². The van der Waals surface area contributed by atoms with Gasteiger partial charge < -0.3 is 19.5 Å². The minimum Gasteiger partial charge on any atom is -0.491 e.